The molecule has 1 saturated heterocycles. The maximum atomic E-state index is 11.8. The second-order valence-corrected chi connectivity index (χ2v) is 8.09. The van der Waals surface area contributed by atoms with Crippen molar-refractivity contribution in [3.63, 3.8) is 0 Å². The minimum atomic E-state index is -0.986. The van der Waals surface area contributed by atoms with Gasteiger partial charge in [0, 0.05) is 20.8 Å². The van der Waals surface area contributed by atoms with Crippen molar-refractivity contribution in [2.45, 2.75) is 64.2 Å². The molecule has 0 aliphatic carbocycles. The molecule has 5 atom stereocenters. The van der Waals surface area contributed by atoms with Gasteiger partial charge in [0.2, 0.25) is 0 Å². The van der Waals surface area contributed by atoms with E-state index in [1.807, 2.05) is 37.3 Å². The van der Waals surface area contributed by atoms with Crippen molar-refractivity contribution in [2.24, 2.45) is 0 Å². The monoisotopic (exact) mass is 440 g/mol. The molecule has 2 rings (SSSR count). The van der Waals surface area contributed by atoms with Gasteiger partial charge in [-0.2, -0.15) is 0 Å². The van der Waals surface area contributed by atoms with E-state index in [1.54, 1.807) is 0 Å². The molecule has 1 aromatic carbocycles. The predicted molar refractivity (Wildman–Crippen MR) is 110 cm³/mol. The summed E-state index contributed by atoms with van der Waals surface area (Å²) in [4.78, 5) is 34.9. The van der Waals surface area contributed by atoms with Crippen molar-refractivity contribution in [3.8, 4) is 0 Å². The molecule has 0 N–H and O–H groups in total. The number of ether oxygens (including phenoxy) is 5. The van der Waals surface area contributed by atoms with Gasteiger partial charge in [-0.25, -0.2) is 0 Å². The lowest BCUT2D eigenvalue weighted by Crippen LogP contribution is -2.61. The highest BCUT2D eigenvalue weighted by atomic mass is 32.2. The van der Waals surface area contributed by atoms with Gasteiger partial charge < -0.3 is 23.7 Å². The zero-order valence-corrected chi connectivity index (χ0v) is 18.4. The zero-order valence-electron chi connectivity index (χ0n) is 17.6. The molecule has 9 heteroatoms. The van der Waals surface area contributed by atoms with Crippen LogP contribution in [0.1, 0.15) is 33.3 Å². The van der Waals surface area contributed by atoms with Crippen LogP contribution in [0.15, 0.2) is 30.3 Å². The van der Waals surface area contributed by atoms with Crippen LogP contribution >= 0.6 is 11.8 Å². The molecule has 8 nitrogen and oxygen atoms in total. The van der Waals surface area contributed by atoms with Gasteiger partial charge in [0.1, 0.15) is 24.3 Å². The Morgan fingerprint density at radius 2 is 1.57 bits per heavy atom. The second-order valence-electron chi connectivity index (χ2n) is 6.71. The molecule has 1 heterocycles. The van der Waals surface area contributed by atoms with E-state index in [9.17, 15) is 14.4 Å². The molecular formula is C21H28O8S. The van der Waals surface area contributed by atoms with Crippen LogP contribution in [0.3, 0.4) is 0 Å². The average Bonchev–Trinajstić information content (AvgIpc) is 2.68. The third-order valence-corrected chi connectivity index (χ3v) is 5.30. The van der Waals surface area contributed by atoms with Gasteiger partial charge in [-0.3, -0.25) is 14.4 Å². The summed E-state index contributed by atoms with van der Waals surface area (Å²) in [6.07, 6.45) is -3.41. The first kappa shape index (κ1) is 24.2. The molecule has 0 radical (unpaired) electrons. The third-order valence-electron chi connectivity index (χ3n) is 4.26. The Bertz CT molecular complexity index is 710. The van der Waals surface area contributed by atoms with Crippen molar-refractivity contribution >= 4 is 29.7 Å². The highest BCUT2D eigenvalue weighted by Gasteiger charge is 2.51. The average molecular weight is 441 g/mol. The Kier molecular flexibility index (Phi) is 9.61. The Morgan fingerprint density at radius 3 is 2.13 bits per heavy atom. The first-order chi connectivity index (χ1) is 14.3. The summed E-state index contributed by atoms with van der Waals surface area (Å²) < 4.78 is 28.3. The molecule has 1 fully saturated rings. The lowest BCUT2D eigenvalue weighted by atomic mass is 9.99. The first-order valence-electron chi connectivity index (χ1n) is 9.72. The molecule has 30 heavy (non-hydrogen) atoms. The molecule has 1 aliphatic rings. The Labute approximate surface area is 180 Å². The van der Waals surface area contributed by atoms with Crippen LogP contribution in [-0.4, -0.2) is 60.1 Å². The van der Waals surface area contributed by atoms with E-state index in [4.69, 9.17) is 23.7 Å². The molecule has 0 aromatic heterocycles. The second kappa shape index (κ2) is 11.9. The summed E-state index contributed by atoms with van der Waals surface area (Å²) >= 11 is 1.47. The van der Waals surface area contributed by atoms with Crippen molar-refractivity contribution in [1.29, 1.82) is 0 Å². The smallest absolute Gasteiger partial charge is 0.303 e. The Balaban J connectivity index is 2.31. The lowest BCUT2D eigenvalue weighted by molar-refractivity contribution is -0.241. The van der Waals surface area contributed by atoms with Crippen molar-refractivity contribution in [2.75, 3.05) is 12.4 Å². The third kappa shape index (κ3) is 7.30. The number of benzene rings is 1. The number of carbonyl (C=O) groups excluding carboxylic acids is 3. The van der Waals surface area contributed by atoms with E-state index in [0.717, 1.165) is 5.56 Å². The van der Waals surface area contributed by atoms with Gasteiger partial charge in [-0.05, 0) is 11.3 Å². The van der Waals surface area contributed by atoms with Crippen molar-refractivity contribution < 1.29 is 38.1 Å². The summed E-state index contributed by atoms with van der Waals surface area (Å²) in [6.45, 7) is 5.88. The number of rotatable bonds is 9. The number of esters is 3. The van der Waals surface area contributed by atoms with E-state index in [2.05, 4.69) is 0 Å². The molecule has 0 amide bonds. The number of thioether (sulfide) groups is 1. The quantitative estimate of drug-likeness (QED) is 0.424. The molecule has 0 spiro atoms. The summed E-state index contributed by atoms with van der Waals surface area (Å²) in [7, 11) is 0. The van der Waals surface area contributed by atoms with Gasteiger partial charge in [0.15, 0.2) is 12.2 Å². The minimum absolute atomic E-state index is 0.142. The van der Waals surface area contributed by atoms with Gasteiger partial charge in [-0.15, -0.1) is 11.8 Å². The first-order valence-corrected chi connectivity index (χ1v) is 10.8. The van der Waals surface area contributed by atoms with Crippen LogP contribution in [0.2, 0.25) is 0 Å². The van der Waals surface area contributed by atoms with Crippen molar-refractivity contribution in [1.82, 2.24) is 0 Å². The van der Waals surface area contributed by atoms with Crippen LogP contribution in [0.4, 0.5) is 0 Å². The number of carbonyl (C=O) groups is 3. The van der Waals surface area contributed by atoms with Crippen LogP contribution in [0, 0.1) is 0 Å². The number of hydrogen-bond acceptors (Lipinski definition) is 9. The maximum Gasteiger partial charge on any atom is 0.303 e. The maximum absolute atomic E-state index is 11.8. The molecule has 0 unspecified atom stereocenters. The fourth-order valence-corrected chi connectivity index (χ4v) is 4.09. The van der Waals surface area contributed by atoms with Gasteiger partial charge in [0.25, 0.3) is 0 Å². The van der Waals surface area contributed by atoms with Crippen LogP contribution in [-0.2, 0) is 44.7 Å². The SMILES string of the molecule is CCS[C@H]1O[C@H](COC(C)=O)[C@@H](OC(C)=O)[C@H](OC(C)=O)[C@H]1OCc1ccccc1. The highest BCUT2D eigenvalue weighted by Crippen LogP contribution is 2.34. The topological polar surface area (TPSA) is 97.4 Å². The number of hydrogen-bond donors (Lipinski definition) is 0. The van der Waals surface area contributed by atoms with Gasteiger partial charge in [-0.1, -0.05) is 37.3 Å². The predicted octanol–water partition coefficient (Wildman–Crippen LogP) is 2.48. The summed E-state index contributed by atoms with van der Waals surface area (Å²) in [5.41, 5.74) is 0.417. The van der Waals surface area contributed by atoms with E-state index in [-0.39, 0.29) is 13.2 Å². The molecular weight excluding hydrogens is 412 g/mol. The van der Waals surface area contributed by atoms with Gasteiger partial charge >= 0.3 is 17.9 Å². The van der Waals surface area contributed by atoms with E-state index in [1.165, 1.54) is 32.5 Å². The van der Waals surface area contributed by atoms with E-state index >= 15 is 0 Å². The van der Waals surface area contributed by atoms with E-state index in [0.29, 0.717) is 5.75 Å². The van der Waals surface area contributed by atoms with Gasteiger partial charge in [0.05, 0.1) is 6.61 Å². The fraction of sp³-hybridized carbons (Fsp3) is 0.571. The molecule has 0 bridgehead atoms. The zero-order chi connectivity index (χ0) is 22.1. The standard InChI is InChI=1S/C21H28O8S/c1-5-30-21-20(26-11-16-9-7-6-8-10-16)19(28-15(4)24)18(27-14(3)23)17(29-21)12-25-13(2)22/h6-10,17-21H,5,11-12H2,1-4H3/t17-,18-,19+,20-,21-/m1/s1. The summed E-state index contributed by atoms with van der Waals surface area (Å²) in [5, 5.41) is 0. The molecule has 166 valence electrons. The van der Waals surface area contributed by atoms with Crippen LogP contribution < -0.4 is 0 Å². The normalized spacial score (nSPS) is 25.9. The fourth-order valence-electron chi connectivity index (χ4n) is 3.11. The van der Waals surface area contributed by atoms with Crippen LogP contribution in [0.5, 0.6) is 0 Å². The molecule has 0 saturated carbocycles. The molecule has 1 aromatic rings. The Morgan fingerprint density at radius 1 is 0.933 bits per heavy atom. The van der Waals surface area contributed by atoms with Crippen LogP contribution in [0.25, 0.3) is 0 Å². The largest absolute Gasteiger partial charge is 0.463 e. The van der Waals surface area contributed by atoms with Crippen molar-refractivity contribution in [3.05, 3.63) is 35.9 Å². The summed E-state index contributed by atoms with van der Waals surface area (Å²) in [6, 6.07) is 9.53. The lowest BCUT2D eigenvalue weighted by Gasteiger charge is -2.44. The minimum Gasteiger partial charge on any atom is -0.463 e. The summed E-state index contributed by atoms with van der Waals surface area (Å²) in [5.74, 6) is -0.900. The highest BCUT2D eigenvalue weighted by molar-refractivity contribution is 7.99. The molecule has 1 aliphatic heterocycles. The Hall–Kier alpha value is -2.10. The van der Waals surface area contributed by atoms with E-state index < -0.39 is 47.8 Å².